The quantitative estimate of drug-likeness (QED) is 0.876. The van der Waals surface area contributed by atoms with Gasteiger partial charge in [-0.25, -0.2) is 4.98 Å². The second-order valence-corrected chi connectivity index (χ2v) is 5.37. The summed E-state index contributed by atoms with van der Waals surface area (Å²) in [5.74, 6) is 0.642. The summed E-state index contributed by atoms with van der Waals surface area (Å²) in [6.45, 7) is 5.28. The molecular weight excluding hydrogens is 252 g/mol. The van der Waals surface area contributed by atoms with Crippen LogP contribution in [0.2, 0.25) is 5.02 Å². The molecule has 0 radical (unpaired) electrons. The van der Waals surface area contributed by atoms with Crippen molar-refractivity contribution in [1.82, 2.24) is 15.3 Å². The van der Waals surface area contributed by atoms with Gasteiger partial charge >= 0.3 is 6.01 Å². The highest BCUT2D eigenvalue weighted by molar-refractivity contribution is 6.32. The van der Waals surface area contributed by atoms with Gasteiger partial charge in [0.25, 0.3) is 0 Å². The van der Waals surface area contributed by atoms with E-state index >= 15 is 0 Å². The van der Waals surface area contributed by atoms with Crippen LogP contribution in [0, 0.1) is 5.41 Å². The van der Waals surface area contributed by atoms with Crippen molar-refractivity contribution in [1.29, 1.82) is 0 Å². The van der Waals surface area contributed by atoms with Crippen molar-refractivity contribution < 1.29 is 4.74 Å². The second-order valence-electron chi connectivity index (χ2n) is 4.97. The van der Waals surface area contributed by atoms with E-state index < -0.39 is 0 Å². The van der Waals surface area contributed by atoms with Crippen molar-refractivity contribution in [3.8, 4) is 6.01 Å². The minimum atomic E-state index is 0.284. The number of halogens is 1. The first-order valence-corrected chi connectivity index (χ1v) is 6.52. The minimum Gasteiger partial charge on any atom is -0.467 e. The molecule has 100 valence electrons. The number of hydrogen-bond donors (Lipinski definition) is 2. The molecule has 1 aromatic heterocycles. The summed E-state index contributed by atoms with van der Waals surface area (Å²) in [5, 5.41) is 7.20. The molecule has 2 N–H and O–H groups in total. The molecule has 1 aliphatic heterocycles. The second kappa shape index (κ2) is 5.71. The summed E-state index contributed by atoms with van der Waals surface area (Å²) in [4.78, 5) is 8.17. The fourth-order valence-corrected chi connectivity index (χ4v) is 2.24. The van der Waals surface area contributed by atoms with E-state index in [-0.39, 0.29) is 5.41 Å². The van der Waals surface area contributed by atoms with E-state index in [9.17, 15) is 0 Å². The molecule has 1 aliphatic rings. The van der Waals surface area contributed by atoms with E-state index in [1.807, 2.05) is 0 Å². The van der Waals surface area contributed by atoms with Gasteiger partial charge in [-0.3, -0.25) is 0 Å². The number of nitrogens with one attached hydrogen (secondary N) is 2. The highest BCUT2D eigenvalue weighted by Gasteiger charge is 2.26. The van der Waals surface area contributed by atoms with Crippen LogP contribution in [0.4, 0.5) is 5.82 Å². The SMILES string of the molecule is COc1ncc(Cl)c(NCC2(C)CCNCC2)n1. The third kappa shape index (κ3) is 3.23. The first kappa shape index (κ1) is 13.4. The molecule has 2 heterocycles. The fraction of sp³-hybridized carbons (Fsp3) is 0.667. The van der Waals surface area contributed by atoms with Crippen LogP contribution in [-0.4, -0.2) is 36.7 Å². The molecule has 6 heteroatoms. The molecule has 0 unspecified atom stereocenters. The zero-order valence-corrected chi connectivity index (χ0v) is 11.5. The Hall–Kier alpha value is -1.07. The summed E-state index contributed by atoms with van der Waals surface area (Å²) < 4.78 is 5.00. The maximum atomic E-state index is 6.06. The lowest BCUT2D eigenvalue weighted by atomic mass is 9.81. The number of ether oxygens (including phenoxy) is 1. The molecule has 0 aliphatic carbocycles. The first-order chi connectivity index (χ1) is 8.63. The minimum absolute atomic E-state index is 0.284. The van der Waals surface area contributed by atoms with Crippen molar-refractivity contribution in [2.75, 3.05) is 32.1 Å². The Balaban J connectivity index is 2.00. The largest absolute Gasteiger partial charge is 0.467 e. The van der Waals surface area contributed by atoms with Gasteiger partial charge in [-0.15, -0.1) is 0 Å². The van der Waals surface area contributed by atoms with Crippen LogP contribution >= 0.6 is 11.6 Å². The van der Waals surface area contributed by atoms with Crippen molar-refractivity contribution in [3.05, 3.63) is 11.2 Å². The third-order valence-electron chi connectivity index (χ3n) is 3.40. The molecule has 0 bridgehead atoms. The number of anilines is 1. The van der Waals surface area contributed by atoms with Crippen LogP contribution in [0.15, 0.2) is 6.20 Å². The highest BCUT2D eigenvalue weighted by atomic mass is 35.5. The number of hydrogen-bond acceptors (Lipinski definition) is 5. The molecule has 1 saturated heterocycles. The Morgan fingerprint density at radius 2 is 2.22 bits per heavy atom. The standard InChI is InChI=1S/C12H19ClN4O/c1-12(3-5-14-6-4-12)8-16-10-9(13)7-15-11(17-10)18-2/h7,14H,3-6,8H2,1-2H3,(H,15,16,17). The normalized spacial score (nSPS) is 18.4. The number of piperidine rings is 1. The van der Waals surface area contributed by atoms with Crippen LogP contribution in [0.5, 0.6) is 6.01 Å². The Morgan fingerprint density at radius 1 is 1.50 bits per heavy atom. The summed E-state index contributed by atoms with van der Waals surface area (Å²) in [5.41, 5.74) is 0.284. The van der Waals surface area contributed by atoms with Crippen LogP contribution < -0.4 is 15.4 Å². The van der Waals surface area contributed by atoms with E-state index in [1.165, 1.54) is 0 Å². The lowest BCUT2D eigenvalue weighted by Crippen LogP contribution is -2.39. The first-order valence-electron chi connectivity index (χ1n) is 6.14. The smallest absolute Gasteiger partial charge is 0.318 e. The lowest BCUT2D eigenvalue weighted by Gasteiger charge is -2.34. The number of aromatic nitrogens is 2. The predicted molar refractivity (Wildman–Crippen MR) is 72.3 cm³/mol. The Kier molecular flexibility index (Phi) is 4.24. The predicted octanol–water partition coefficient (Wildman–Crippen LogP) is 1.94. The van der Waals surface area contributed by atoms with Gasteiger partial charge in [-0.1, -0.05) is 18.5 Å². The molecule has 0 aromatic carbocycles. The third-order valence-corrected chi connectivity index (χ3v) is 3.67. The average molecular weight is 271 g/mol. The topological polar surface area (TPSA) is 59.1 Å². The van der Waals surface area contributed by atoms with E-state index in [2.05, 4.69) is 27.5 Å². The summed E-state index contributed by atoms with van der Waals surface area (Å²) in [7, 11) is 1.54. The molecule has 0 atom stereocenters. The lowest BCUT2D eigenvalue weighted by molar-refractivity contribution is 0.247. The van der Waals surface area contributed by atoms with Crippen molar-refractivity contribution >= 4 is 17.4 Å². The Labute approximate surface area is 112 Å². The molecule has 0 spiro atoms. The van der Waals surface area contributed by atoms with Crippen LogP contribution in [-0.2, 0) is 0 Å². The molecule has 1 aromatic rings. The van der Waals surface area contributed by atoms with Gasteiger partial charge in [0.1, 0.15) is 5.02 Å². The van der Waals surface area contributed by atoms with Gasteiger partial charge in [-0.05, 0) is 31.3 Å². The molecular formula is C12H19ClN4O. The number of methoxy groups -OCH3 is 1. The number of nitrogens with zero attached hydrogens (tertiary/aromatic N) is 2. The Morgan fingerprint density at radius 3 is 2.89 bits per heavy atom. The summed E-state index contributed by atoms with van der Waals surface area (Å²) >= 11 is 6.06. The zero-order chi connectivity index (χ0) is 13.0. The van der Waals surface area contributed by atoms with Gasteiger partial charge < -0.3 is 15.4 Å². The highest BCUT2D eigenvalue weighted by Crippen LogP contribution is 2.29. The Bertz CT molecular complexity index is 407. The average Bonchev–Trinajstić information content (AvgIpc) is 2.39. The van der Waals surface area contributed by atoms with Gasteiger partial charge in [0.05, 0.1) is 13.3 Å². The van der Waals surface area contributed by atoms with Crippen molar-refractivity contribution in [2.24, 2.45) is 5.41 Å². The molecule has 1 fully saturated rings. The maximum Gasteiger partial charge on any atom is 0.318 e. The van der Waals surface area contributed by atoms with E-state index in [0.717, 1.165) is 32.5 Å². The van der Waals surface area contributed by atoms with Crippen LogP contribution in [0.25, 0.3) is 0 Å². The van der Waals surface area contributed by atoms with Gasteiger partial charge in [-0.2, -0.15) is 4.98 Å². The summed E-state index contributed by atoms with van der Waals surface area (Å²) in [6, 6.07) is 0.331. The van der Waals surface area contributed by atoms with E-state index in [1.54, 1.807) is 13.3 Å². The maximum absolute atomic E-state index is 6.06. The summed E-state index contributed by atoms with van der Waals surface area (Å²) in [6.07, 6.45) is 3.86. The molecule has 18 heavy (non-hydrogen) atoms. The molecule has 0 saturated carbocycles. The number of rotatable bonds is 4. The molecule has 5 nitrogen and oxygen atoms in total. The van der Waals surface area contributed by atoms with Crippen LogP contribution in [0.3, 0.4) is 0 Å². The van der Waals surface area contributed by atoms with Crippen LogP contribution in [0.1, 0.15) is 19.8 Å². The van der Waals surface area contributed by atoms with Gasteiger partial charge in [0.2, 0.25) is 0 Å². The van der Waals surface area contributed by atoms with Gasteiger partial charge in [0.15, 0.2) is 5.82 Å². The zero-order valence-electron chi connectivity index (χ0n) is 10.8. The molecule has 2 rings (SSSR count). The molecule has 0 amide bonds. The fourth-order valence-electron chi connectivity index (χ4n) is 2.08. The van der Waals surface area contributed by atoms with E-state index in [4.69, 9.17) is 16.3 Å². The van der Waals surface area contributed by atoms with Gasteiger partial charge in [0, 0.05) is 6.54 Å². The van der Waals surface area contributed by atoms with E-state index in [0.29, 0.717) is 16.9 Å². The van der Waals surface area contributed by atoms with Crippen molar-refractivity contribution in [3.63, 3.8) is 0 Å². The monoisotopic (exact) mass is 270 g/mol. The van der Waals surface area contributed by atoms with Crippen molar-refractivity contribution in [2.45, 2.75) is 19.8 Å².